The lowest BCUT2D eigenvalue weighted by Gasteiger charge is -2.36. The summed E-state index contributed by atoms with van der Waals surface area (Å²) in [4.78, 5) is 9.99. The van der Waals surface area contributed by atoms with Crippen LogP contribution in [0, 0.1) is 0 Å². The zero-order valence-corrected chi connectivity index (χ0v) is 13.4. The topological polar surface area (TPSA) is 42.8 Å². The smallest absolute Gasteiger partial charge is 0.390 e. The molecule has 0 radical (unpaired) electrons. The van der Waals surface area contributed by atoms with E-state index in [0.717, 1.165) is 25.4 Å². The number of aromatic nitrogens is 1. The third-order valence-corrected chi connectivity index (χ3v) is 3.82. The fourth-order valence-electron chi connectivity index (χ4n) is 2.68. The molecule has 0 bridgehead atoms. The van der Waals surface area contributed by atoms with E-state index in [1.165, 1.54) is 6.07 Å². The van der Waals surface area contributed by atoms with E-state index in [1.807, 2.05) is 23.9 Å². The molecule has 8 heteroatoms. The van der Waals surface area contributed by atoms with Crippen molar-refractivity contribution in [3.8, 4) is 0 Å². The number of aliphatic hydroxyl groups excluding tert-OH is 1. The summed E-state index contributed by atoms with van der Waals surface area (Å²) >= 11 is 0. The van der Waals surface area contributed by atoms with Gasteiger partial charge in [-0.2, -0.15) is 13.2 Å². The van der Waals surface area contributed by atoms with Gasteiger partial charge < -0.3 is 14.9 Å². The zero-order valence-electron chi connectivity index (χ0n) is 13.4. The van der Waals surface area contributed by atoms with Gasteiger partial charge >= 0.3 is 6.18 Å². The first-order chi connectivity index (χ1) is 10.8. The molecule has 23 heavy (non-hydrogen) atoms. The highest BCUT2D eigenvalue weighted by Gasteiger charge is 2.31. The highest BCUT2D eigenvalue weighted by atomic mass is 19.4. The number of likely N-dealkylation sites (N-methyl/N-ethyl adjacent to an activating group) is 1. The number of hydrogen-bond donors (Lipinski definition) is 1. The molecule has 0 aromatic carbocycles. The van der Waals surface area contributed by atoms with Crippen LogP contribution in [0.2, 0.25) is 0 Å². The van der Waals surface area contributed by atoms with Gasteiger partial charge in [0, 0.05) is 45.5 Å². The monoisotopic (exact) mass is 332 g/mol. The fraction of sp³-hybridized carbons (Fsp3) is 0.667. The SMILES string of the molecule is CN(C)C[C@H](O)CN1CCN(c2ccc(C(F)(F)F)cn2)CC1. The highest BCUT2D eigenvalue weighted by molar-refractivity contribution is 5.40. The van der Waals surface area contributed by atoms with Crippen molar-refractivity contribution in [3.05, 3.63) is 23.9 Å². The summed E-state index contributed by atoms with van der Waals surface area (Å²) in [5.41, 5.74) is -0.730. The molecule has 0 saturated carbocycles. The summed E-state index contributed by atoms with van der Waals surface area (Å²) in [6.45, 7) is 4.10. The molecule has 1 aromatic rings. The molecular formula is C15H23F3N4O. The number of rotatable bonds is 5. The third kappa shape index (κ3) is 5.33. The molecule has 0 unspecified atom stereocenters. The Labute approximate surface area is 134 Å². The van der Waals surface area contributed by atoms with Gasteiger partial charge in [0.1, 0.15) is 5.82 Å². The van der Waals surface area contributed by atoms with Crippen molar-refractivity contribution in [2.24, 2.45) is 0 Å². The van der Waals surface area contributed by atoms with Crippen molar-refractivity contribution in [2.75, 3.05) is 58.3 Å². The molecule has 130 valence electrons. The Morgan fingerprint density at radius 1 is 1.22 bits per heavy atom. The van der Waals surface area contributed by atoms with E-state index in [1.54, 1.807) is 0 Å². The third-order valence-electron chi connectivity index (χ3n) is 3.82. The minimum Gasteiger partial charge on any atom is -0.390 e. The Hall–Kier alpha value is -1.38. The Bertz CT molecular complexity index is 484. The second kappa shape index (κ2) is 7.46. The average Bonchev–Trinajstić information content (AvgIpc) is 2.46. The predicted octanol–water partition coefficient (Wildman–Crippen LogP) is 1.14. The van der Waals surface area contributed by atoms with E-state index in [9.17, 15) is 18.3 Å². The fourth-order valence-corrected chi connectivity index (χ4v) is 2.68. The Morgan fingerprint density at radius 3 is 2.35 bits per heavy atom. The molecule has 1 N–H and O–H groups in total. The van der Waals surface area contributed by atoms with Crippen molar-refractivity contribution in [2.45, 2.75) is 12.3 Å². The van der Waals surface area contributed by atoms with Gasteiger partial charge in [-0.3, -0.25) is 4.90 Å². The number of piperazine rings is 1. The molecule has 1 atom stereocenters. The molecule has 1 aliphatic rings. The van der Waals surface area contributed by atoms with Crippen molar-refractivity contribution in [3.63, 3.8) is 0 Å². The molecule has 5 nitrogen and oxygen atoms in total. The molecule has 1 aliphatic heterocycles. The molecule has 0 amide bonds. The first kappa shape index (κ1) is 18.0. The van der Waals surface area contributed by atoms with Crippen molar-refractivity contribution >= 4 is 5.82 Å². The maximum Gasteiger partial charge on any atom is 0.417 e. The van der Waals surface area contributed by atoms with E-state index in [0.29, 0.717) is 32.0 Å². The standard InChI is InChI=1S/C15H23F3N4O/c1-20(2)10-13(23)11-21-5-7-22(8-6-21)14-4-3-12(9-19-14)15(16,17)18/h3-4,9,13,23H,5-8,10-11H2,1-2H3/t13-/m0/s1. The number of hydrogen-bond acceptors (Lipinski definition) is 5. The van der Waals surface area contributed by atoms with E-state index < -0.39 is 17.8 Å². The lowest BCUT2D eigenvalue weighted by atomic mass is 10.2. The molecule has 2 rings (SSSR count). The lowest BCUT2D eigenvalue weighted by molar-refractivity contribution is -0.137. The normalized spacial score (nSPS) is 18.5. The van der Waals surface area contributed by atoms with Crippen LogP contribution in [0.15, 0.2) is 18.3 Å². The molecular weight excluding hydrogens is 309 g/mol. The van der Waals surface area contributed by atoms with Gasteiger partial charge in [-0.1, -0.05) is 0 Å². The van der Waals surface area contributed by atoms with E-state index in [-0.39, 0.29) is 0 Å². The highest BCUT2D eigenvalue weighted by Crippen LogP contribution is 2.29. The zero-order chi connectivity index (χ0) is 17.0. The van der Waals surface area contributed by atoms with Crippen molar-refractivity contribution < 1.29 is 18.3 Å². The number of anilines is 1. The van der Waals surface area contributed by atoms with Crippen LogP contribution in [0.5, 0.6) is 0 Å². The van der Waals surface area contributed by atoms with E-state index >= 15 is 0 Å². The molecule has 1 saturated heterocycles. The van der Waals surface area contributed by atoms with Gasteiger partial charge in [0.15, 0.2) is 0 Å². The first-order valence-electron chi connectivity index (χ1n) is 7.59. The number of β-amino-alcohol motifs (C(OH)–C–C–N with tert-alkyl or cyclic N) is 1. The van der Waals surface area contributed by atoms with Crippen LogP contribution in [-0.4, -0.2) is 79.4 Å². The minimum atomic E-state index is -4.35. The second-order valence-electron chi connectivity index (χ2n) is 6.11. The summed E-state index contributed by atoms with van der Waals surface area (Å²) < 4.78 is 37.6. The second-order valence-corrected chi connectivity index (χ2v) is 6.11. The average molecular weight is 332 g/mol. The number of nitrogens with zero attached hydrogens (tertiary/aromatic N) is 4. The van der Waals surface area contributed by atoms with Crippen LogP contribution in [0.4, 0.5) is 19.0 Å². The molecule has 0 spiro atoms. The van der Waals surface area contributed by atoms with E-state index in [4.69, 9.17) is 0 Å². The summed E-state index contributed by atoms with van der Waals surface area (Å²) in [6.07, 6.45) is -3.88. The van der Waals surface area contributed by atoms with Crippen molar-refractivity contribution in [1.82, 2.24) is 14.8 Å². The van der Waals surface area contributed by atoms with Crippen LogP contribution in [0.25, 0.3) is 0 Å². The summed E-state index contributed by atoms with van der Waals surface area (Å²) in [5.74, 6) is 0.562. The maximum absolute atomic E-state index is 12.5. The van der Waals surface area contributed by atoms with Gasteiger partial charge in [0.2, 0.25) is 0 Å². The number of alkyl halides is 3. The Morgan fingerprint density at radius 2 is 1.87 bits per heavy atom. The lowest BCUT2D eigenvalue weighted by Crippen LogP contribution is -2.49. The van der Waals surface area contributed by atoms with E-state index in [2.05, 4.69) is 9.88 Å². The maximum atomic E-state index is 12.5. The Kier molecular flexibility index (Phi) is 5.83. The van der Waals surface area contributed by atoms with Crippen LogP contribution < -0.4 is 4.90 Å². The number of pyridine rings is 1. The quantitative estimate of drug-likeness (QED) is 0.876. The first-order valence-corrected chi connectivity index (χ1v) is 7.59. The molecule has 1 fully saturated rings. The minimum absolute atomic E-state index is 0.402. The summed E-state index contributed by atoms with van der Waals surface area (Å²) in [6, 6.07) is 2.48. The van der Waals surface area contributed by atoms with Crippen LogP contribution in [0.1, 0.15) is 5.56 Å². The largest absolute Gasteiger partial charge is 0.417 e. The Balaban J connectivity index is 1.84. The van der Waals surface area contributed by atoms with Gasteiger partial charge in [0.05, 0.1) is 11.7 Å². The summed E-state index contributed by atoms with van der Waals surface area (Å²) in [5, 5.41) is 9.95. The number of halogens is 3. The summed E-state index contributed by atoms with van der Waals surface area (Å²) in [7, 11) is 3.83. The van der Waals surface area contributed by atoms with Crippen LogP contribution >= 0.6 is 0 Å². The molecule has 1 aromatic heterocycles. The predicted molar refractivity (Wildman–Crippen MR) is 82.5 cm³/mol. The van der Waals surface area contributed by atoms with Gasteiger partial charge in [-0.25, -0.2) is 4.98 Å². The molecule has 0 aliphatic carbocycles. The number of aliphatic hydroxyl groups is 1. The van der Waals surface area contributed by atoms with Gasteiger partial charge in [-0.15, -0.1) is 0 Å². The van der Waals surface area contributed by atoms with Gasteiger partial charge in [0.25, 0.3) is 0 Å². The molecule has 2 heterocycles. The van der Waals surface area contributed by atoms with Crippen molar-refractivity contribution in [1.29, 1.82) is 0 Å². The van der Waals surface area contributed by atoms with Gasteiger partial charge in [-0.05, 0) is 26.2 Å². The van der Waals surface area contributed by atoms with Crippen LogP contribution in [0.3, 0.4) is 0 Å². The van der Waals surface area contributed by atoms with Crippen LogP contribution in [-0.2, 0) is 6.18 Å².